The number of hydrogen-bond donors (Lipinski definition) is 1. The molecular weight excluding hydrogens is 238 g/mol. The first kappa shape index (κ1) is 12.8. The lowest BCUT2D eigenvalue weighted by Crippen LogP contribution is -2.34. The first-order valence-corrected chi connectivity index (χ1v) is 7.39. The minimum atomic E-state index is 0.346. The van der Waals surface area contributed by atoms with E-state index in [2.05, 4.69) is 31.3 Å². The van der Waals surface area contributed by atoms with Crippen LogP contribution in [0, 0.1) is 5.92 Å². The van der Waals surface area contributed by atoms with Crippen molar-refractivity contribution < 1.29 is 9.47 Å². The molecule has 2 aliphatic rings. The largest absolute Gasteiger partial charge is 0.454 e. The van der Waals surface area contributed by atoms with Crippen molar-refractivity contribution in [1.29, 1.82) is 0 Å². The molecule has 2 unspecified atom stereocenters. The summed E-state index contributed by atoms with van der Waals surface area (Å²) in [7, 11) is 0. The van der Waals surface area contributed by atoms with E-state index in [1.807, 2.05) is 6.07 Å². The Morgan fingerprint density at radius 2 is 1.84 bits per heavy atom. The van der Waals surface area contributed by atoms with E-state index in [-0.39, 0.29) is 0 Å². The van der Waals surface area contributed by atoms with Crippen LogP contribution in [0.3, 0.4) is 0 Å². The molecule has 0 radical (unpaired) electrons. The van der Waals surface area contributed by atoms with Crippen LogP contribution in [0.5, 0.6) is 11.5 Å². The van der Waals surface area contributed by atoms with Crippen LogP contribution in [0.1, 0.15) is 51.1 Å². The Morgan fingerprint density at radius 1 is 1.11 bits per heavy atom. The Kier molecular flexibility index (Phi) is 3.65. The zero-order valence-electron chi connectivity index (χ0n) is 11.8. The number of benzene rings is 1. The Bertz CT molecular complexity index is 440. The molecule has 1 heterocycles. The summed E-state index contributed by atoms with van der Waals surface area (Å²) in [6.07, 6.45) is 5.55. The van der Waals surface area contributed by atoms with Gasteiger partial charge in [-0.15, -0.1) is 0 Å². The number of ether oxygens (including phenoxy) is 2. The molecule has 2 atom stereocenters. The van der Waals surface area contributed by atoms with Crippen LogP contribution in [0.15, 0.2) is 18.2 Å². The molecule has 0 bridgehead atoms. The quantitative estimate of drug-likeness (QED) is 0.897. The minimum Gasteiger partial charge on any atom is -0.454 e. The van der Waals surface area contributed by atoms with Gasteiger partial charge in [-0.25, -0.2) is 0 Å². The van der Waals surface area contributed by atoms with Crippen molar-refractivity contribution in [3.8, 4) is 11.5 Å². The molecular formula is C16H23NO2. The second kappa shape index (κ2) is 5.41. The zero-order chi connectivity index (χ0) is 13.2. The fraction of sp³-hybridized carbons (Fsp3) is 0.625. The van der Waals surface area contributed by atoms with Gasteiger partial charge in [0.15, 0.2) is 11.5 Å². The fourth-order valence-electron chi connectivity index (χ4n) is 3.27. The van der Waals surface area contributed by atoms with Gasteiger partial charge in [0.05, 0.1) is 0 Å². The molecule has 19 heavy (non-hydrogen) atoms. The molecule has 0 spiro atoms. The van der Waals surface area contributed by atoms with Crippen LogP contribution in [0.25, 0.3) is 0 Å². The molecule has 3 heteroatoms. The van der Waals surface area contributed by atoms with Gasteiger partial charge in [-0.3, -0.25) is 0 Å². The lowest BCUT2D eigenvalue weighted by molar-refractivity contribution is 0.174. The molecule has 0 amide bonds. The molecule has 1 fully saturated rings. The van der Waals surface area contributed by atoms with Gasteiger partial charge in [-0.1, -0.05) is 18.9 Å². The number of rotatable bonds is 4. The summed E-state index contributed by atoms with van der Waals surface area (Å²) >= 11 is 0. The predicted molar refractivity (Wildman–Crippen MR) is 75.5 cm³/mol. The second-order valence-corrected chi connectivity index (χ2v) is 5.83. The maximum atomic E-state index is 5.44. The number of fused-ring (bicyclic) bond motifs is 1. The first-order valence-electron chi connectivity index (χ1n) is 7.39. The molecule has 1 saturated carbocycles. The van der Waals surface area contributed by atoms with E-state index >= 15 is 0 Å². The lowest BCUT2D eigenvalue weighted by atomic mass is 9.97. The molecule has 1 aromatic rings. The summed E-state index contributed by atoms with van der Waals surface area (Å²) in [4.78, 5) is 0. The standard InChI is InChI=1S/C16H23NO2/c1-11(13-5-3-4-6-13)17-12(2)14-7-8-15-16(9-14)19-10-18-15/h7-9,11-13,17H,3-6,10H2,1-2H3. The van der Waals surface area contributed by atoms with Gasteiger partial charge in [-0.2, -0.15) is 0 Å². The van der Waals surface area contributed by atoms with Gasteiger partial charge in [0, 0.05) is 12.1 Å². The van der Waals surface area contributed by atoms with Crippen molar-refractivity contribution in [1.82, 2.24) is 5.32 Å². The van der Waals surface area contributed by atoms with Crippen LogP contribution < -0.4 is 14.8 Å². The normalized spacial score (nSPS) is 21.6. The van der Waals surface area contributed by atoms with E-state index in [0.29, 0.717) is 18.9 Å². The van der Waals surface area contributed by atoms with Gasteiger partial charge < -0.3 is 14.8 Å². The molecule has 104 valence electrons. The molecule has 0 saturated heterocycles. The van der Waals surface area contributed by atoms with Gasteiger partial charge in [0.25, 0.3) is 0 Å². The minimum absolute atomic E-state index is 0.346. The Hall–Kier alpha value is -1.22. The van der Waals surface area contributed by atoms with Gasteiger partial charge in [-0.05, 0) is 50.3 Å². The summed E-state index contributed by atoms with van der Waals surface area (Å²) in [5, 5.41) is 3.73. The molecule has 3 nitrogen and oxygen atoms in total. The Balaban J connectivity index is 1.64. The highest BCUT2D eigenvalue weighted by Gasteiger charge is 2.23. The van der Waals surface area contributed by atoms with E-state index in [9.17, 15) is 0 Å². The highest BCUT2D eigenvalue weighted by atomic mass is 16.7. The monoisotopic (exact) mass is 261 g/mol. The summed E-state index contributed by atoms with van der Waals surface area (Å²) in [6, 6.07) is 7.18. The third-order valence-electron chi connectivity index (χ3n) is 4.52. The molecule has 1 aliphatic carbocycles. The van der Waals surface area contributed by atoms with Crippen molar-refractivity contribution in [2.24, 2.45) is 5.92 Å². The lowest BCUT2D eigenvalue weighted by Gasteiger charge is -2.25. The van der Waals surface area contributed by atoms with Crippen LogP contribution in [-0.4, -0.2) is 12.8 Å². The van der Waals surface area contributed by atoms with Gasteiger partial charge in [0.1, 0.15) is 0 Å². The molecule has 3 rings (SSSR count). The van der Waals surface area contributed by atoms with Crippen molar-refractivity contribution in [2.45, 2.75) is 51.6 Å². The molecule has 1 aliphatic heterocycles. The third kappa shape index (κ3) is 2.71. The van der Waals surface area contributed by atoms with E-state index < -0.39 is 0 Å². The van der Waals surface area contributed by atoms with E-state index in [4.69, 9.17) is 9.47 Å². The molecule has 0 aromatic heterocycles. The van der Waals surface area contributed by atoms with Gasteiger partial charge >= 0.3 is 0 Å². The maximum Gasteiger partial charge on any atom is 0.231 e. The van der Waals surface area contributed by atoms with Crippen molar-refractivity contribution in [2.75, 3.05) is 6.79 Å². The summed E-state index contributed by atoms with van der Waals surface area (Å²) < 4.78 is 10.8. The molecule has 1 N–H and O–H groups in total. The highest BCUT2D eigenvalue weighted by Crippen LogP contribution is 2.35. The average Bonchev–Trinajstić information content (AvgIpc) is 3.09. The Labute approximate surface area is 115 Å². The summed E-state index contributed by atoms with van der Waals surface area (Å²) in [5.74, 6) is 2.58. The highest BCUT2D eigenvalue weighted by molar-refractivity contribution is 5.45. The van der Waals surface area contributed by atoms with Crippen molar-refractivity contribution in [3.63, 3.8) is 0 Å². The smallest absolute Gasteiger partial charge is 0.231 e. The topological polar surface area (TPSA) is 30.5 Å². The maximum absolute atomic E-state index is 5.44. The molecule has 1 aromatic carbocycles. The van der Waals surface area contributed by atoms with Crippen molar-refractivity contribution in [3.05, 3.63) is 23.8 Å². The number of hydrogen-bond acceptors (Lipinski definition) is 3. The third-order valence-corrected chi connectivity index (χ3v) is 4.52. The summed E-state index contributed by atoms with van der Waals surface area (Å²) in [6.45, 7) is 4.89. The zero-order valence-corrected chi connectivity index (χ0v) is 11.8. The fourth-order valence-corrected chi connectivity index (χ4v) is 3.27. The van der Waals surface area contributed by atoms with Gasteiger partial charge in [0.2, 0.25) is 6.79 Å². The average molecular weight is 261 g/mol. The summed E-state index contributed by atoms with van der Waals surface area (Å²) in [5.41, 5.74) is 1.27. The second-order valence-electron chi connectivity index (χ2n) is 5.83. The SMILES string of the molecule is CC(NC(C)C1CCCC1)c1ccc2c(c1)OCO2. The van der Waals surface area contributed by atoms with Crippen LogP contribution >= 0.6 is 0 Å². The van der Waals surface area contributed by atoms with Crippen molar-refractivity contribution >= 4 is 0 Å². The Morgan fingerprint density at radius 3 is 2.63 bits per heavy atom. The van der Waals surface area contributed by atoms with Crippen LogP contribution in [0.4, 0.5) is 0 Å². The van der Waals surface area contributed by atoms with E-state index in [1.54, 1.807) is 0 Å². The van der Waals surface area contributed by atoms with E-state index in [0.717, 1.165) is 17.4 Å². The first-order chi connectivity index (χ1) is 9.24. The number of nitrogens with one attached hydrogen (secondary N) is 1. The van der Waals surface area contributed by atoms with Crippen LogP contribution in [-0.2, 0) is 0 Å². The van der Waals surface area contributed by atoms with E-state index in [1.165, 1.54) is 31.2 Å². The van der Waals surface area contributed by atoms with Crippen LogP contribution in [0.2, 0.25) is 0 Å². The predicted octanol–water partition coefficient (Wildman–Crippen LogP) is 3.64.